The van der Waals surface area contributed by atoms with E-state index in [1.165, 1.54) is 0 Å². The van der Waals surface area contributed by atoms with Crippen LogP contribution in [0.1, 0.15) is 64.0 Å². The maximum atomic E-state index is 13.1. The summed E-state index contributed by atoms with van der Waals surface area (Å²) in [7, 11) is 0. The van der Waals surface area contributed by atoms with Crippen LogP contribution < -0.4 is 10.3 Å². The van der Waals surface area contributed by atoms with E-state index in [2.05, 4.69) is 58.1 Å². The summed E-state index contributed by atoms with van der Waals surface area (Å²) >= 11 is 0. The van der Waals surface area contributed by atoms with Crippen molar-refractivity contribution in [3.8, 4) is 5.75 Å². The Morgan fingerprint density at radius 1 is 1.14 bits per heavy atom. The first-order chi connectivity index (χ1) is 16.8. The van der Waals surface area contributed by atoms with Gasteiger partial charge in [-0.2, -0.15) is 0 Å². The average Bonchev–Trinajstić information content (AvgIpc) is 3.31. The number of hydrogen-bond donors (Lipinski definition) is 1. The topological polar surface area (TPSA) is 102 Å². The lowest BCUT2D eigenvalue weighted by Gasteiger charge is -2.32. The number of aromatic amines is 1. The molecule has 0 amide bonds. The summed E-state index contributed by atoms with van der Waals surface area (Å²) in [5, 5.41) is 13.6. The van der Waals surface area contributed by atoms with E-state index in [1.54, 1.807) is 6.20 Å². The van der Waals surface area contributed by atoms with Crippen molar-refractivity contribution < 1.29 is 4.74 Å². The van der Waals surface area contributed by atoms with Crippen LogP contribution in [-0.4, -0.2) is 41.7 Å². The van der Waals surface area contributed by atoms with Gasteiger partial charge in [-0.15, -0.1) is 5.10 Å². The zero-order valence-corrected chi connectivity index (χ0v) is 21.0. The summed E-state index contributed by atoms with van der Waals surface area (Å²) in [5.74, 6) is 1.56. The van der Waals surface area contributed by atoms with Crippen molar-refractivity contribution in [3.63, 3.8) is 0 Å². The predicted molar refractivity (Wildman–Crippen MR) is 135 cm³/mol. The van der Waals surface area contributed by atoms with Gasteiger partial charge in [-0.25, -0.2) is 4.68 Å². The maximum Gasteiger partial charge on any atom is 0.252 e. The Kier molecular flexibility index (Phi) is 7.25. The standard InChI is InChI=1S/C26H33N7O2/c1-6-23(24-29-30-31-33(24)26(3,4)5)32(16-18-9-8-12-27-15-18)17-20-13-19-14-21(35-7-2)10-11-22(19)28-25(20)34/h8-15,23H,6-7,16-17H2,1-5H3,(H,28,34). The lowest BCUT2D eigenvalue weighted by atomic mass is 10.1. The van der Waals surface area contributed by atoms with Gasteiger partial charge in [-0.05, 0) is 80.4 Å². The predicted octanol–water partition coefficient (Wildman–Crippen LogP) is 4.22. The molecule has 9 nitrogen and oxygen atoms in total. The number of ether oxygens (including phenoxy) is 1. The minimum absolute atomic E-state index is 0.103. The number of H-pyrrole nitrogens is 1. The number of pyridine rings is 2. The molecule has 1 unspecified atom stereocenters. The normalized spacial score (nSPS) is 12.9. The first-order valence-corrected chi connectivity index (χ1v) is 12.0. The van der Waals surface area contributed by atoms with Crippen LogP contribution in [0.25, 0.3) is 10.9 Å². The van der Waals surface area contributed by atoms with Crippen LogP contribution in [0, 0.1) is 0 Å². The minimum atomic E-state index is -0.275. The van der Waals surface area contributed by atoms with Crippen LogP contribution in [0.4, 0.5) is 0 Å². The van der Waals surface area contributed by atoms with Crippen LogP contribution in [0.15, 0.2) is 53.6 Å². The maximum absolute atomic E-state index is 13.1. The fraction of sp³-hybridized carbons (Fsp3) is 0.423. The molecule has 0 saturated carbocycles. The van der Waals surface area contributed by atoms with Gasteiger partial charge in [0.1, 0.15) is 5.75 Å². The van der Waals surface area contributed by atoms with Gasteiger partial charge in [0.15, 0.2) is 5.82 Å². The number of aromatic nitrogens is 6. The van der Waals surface area contributed by atoms with Gasteiger partial charge >= 0.3 is 0 Å². The van der Waals surface area contributed by atoms with E-state index in [4.69, 9.17) is 4.74 Å². The van der Waals surface area contributed by atoms with Gasteiger partial charge in [-0.3, -0.25) is 14.7 Å². The second-order valence-corrected chi connectivity index (χ2v) is 9.62. The Morgan fingerprint density at radius 2 is 1.97 bits per heavy atom. The van der Waals surface area contributed by atoms with Gasteiger partial charge in [-0.1, -0.05) is 13.0 Å². The Balaban J connectivity index is 1.76. The average molecular weight is 476 g/mol. The number of hydrogen-bond acceptors (Lipinski definition) is 7. The van der Waals surface area contributed by atoms with Gasteiger partial charge in [0.25, 0.3) is 5.56 Å². The third-order valence-corrected chi connectivity index (χ3v) is 5.94. The highest BCUT2D eigenvalue weighted by Crippen LogP contribution is 2.29. The third kappa shape index (κ3) is 5.57. The van der Waals surface area contributed by atoms with E-state index in [0.717, 1.165) is 34.5 Å². The molecule has 0 fully saturated rings. The van der Waals surface area contributed by atoms with E-state index >= 15 is 0 Å². The molecule has 0 aliphatic heterocycles. The second-order valence-electron chi connectivity index (χ2n) is 9.62. The SMILES string of the molecule is CCOc1ccc2[nH]c(=O)c(CN(Cc3cccnc3)C(CC)c3nnnn3C(C)(C)C)cc2c1. The lowest BCUT2D eigenvalue weighted by Crippen LogP contribution is -2.35. The molecule has 0 aliphatic carbocycles. The van der Waals surface area contributed by atoms with Gasteiger partial charge in [0.2, 0.25) is 0 Å². The van der Waals surface area contributed by atoms with Crippen LogP contribution >= 0.6 is 0 Å². The van der Waals surface area contributed by atoms with Crippen molar-refractivity contribution >= 4 is 10.9 Å². The van der Waals surface area contributed by atoms with Crippen LogP contribution in [0.5, 0.6) is 5.75 Å². The number of nitrogens with one attached hydrogen (secondary N) is 1. The van der Waals surface area contributed by atoms with Crippen molar-refractivity contribution in [2.45, 2.75) is 65.7 Å². The van der Waals surface area contributed by atoms with Crippen molar-refractivity contribution in [2.75, 3.05) is 6.61 Å². The molecular weight excluding hydrogens is 442 g/mol. The first-order valence-electron chi connectivity index (χ1n) is 12.0. The summed E-state index contributed by atoms with van der Waals surface area (Å²) in [6.45, 7) is 11.9. The molecule has 0 bridgehead atoms. The molecule has 3 heterocycles. The fourth-order valence-electron chi connectivity index (χ4n) is 4.31. The van der Waals surface area contributed by atoms with Gasteiger partial charge in [0, 0.05) is 41.9 Å². The molecule has 184 valence electrons. The van der Waals surface area contributed by atoms with E-state index in [0.29, 0.717) is 25.3 Å². The highest BCUT2D eigenvalue weighted by molar-refractivity contribution is 5.80. The molecule has 1 atom stereocenters. The molecule has 9 heteroatoms. The fourth-order valence-corrected chi connectivity index (χ4v) is 4.31. The Bertz CT molecular complexity index is 1330. The quantitative estimate of drug-likeness (QED) is 0.387. The zero-order chi connectivity index (χ0) is 25.0. The number of nitrogens with zero attached hydrogens (tertiary/aromatic N) is 6. The summed E-state index contributed by atoms with van der Waals surface area (Å²) in [6.07, 6.45) is 4.39. The number of tetrazole rings is 1. The Morgan fingerprint density at radius 3 is 2.66 bits per heavy atom. The monoisotopic (exact) mass is 475 g/mol. The molecule has 0 radical (unpaired) electrons. The van der Waals surface area contributed by atoms with E-state index in [9.17, 15) is 4.79 Å². The molecule has 1 aromatic carbocycles. The smallest absolute Gasteiger partial charge is 0.252 e. The van der Waals surface area contributed by atoms with Crippen molar-refractivity contribution in [1.29, 1.82) is 0 Å². The van der Waals surface area contributed by atoms with Crippen molar-refractivity contribution in [1.82, 2.24) is 35.1 Å². The largest absolute Gasteiger partial charge is 0.494 e. The Hall–Kier alpha value is -3.59. The highest BCUT2D eigenvalue weighted by atomic mass is 16.5. The van der Waals surface area contributed by atoms with Gasteiger partial charge in [0.05, 0.1) is 18.2 Å². The lowest BCUT2D eigenvalue weighted by molar-refractivity contribution is 0.153. The molecular formula is C26H33N7O2. The third-order valence-electron chi connectivity index (χ3n) is 5.94. The van der Waals surface area contributed by atoms with Gasteiger partial charge < -0.3 is 9.72 Å². The molecule has 4 aromatic rings. The summed E-state index contributed by atoms with van der Waals surface area (Å²) in [6, 6.07) is 11.5. The Labute approximate surface area is 205 Å². The summed E-state index contributed by atoms with van der Waals surface area (Å²) in [5.41, 5.74) is 2.12. The molecule has 0 saturated heterocycles. The van der Waals surface area contributed by atoms with Crippen LogP contribution in [0.2, 0.25) is 0 Å². The number of fused-ring (bicyclic) bond motifs is 1. The first kappa shape index (κ1) is 24.5. The van der Waals surface area contributed by atoms with E-state index < -0.39 is 0 Å². The zero-order valence-electron chi connectivity index (χ0n) is 21.0. The molecule has 0 spiro atoms. The van der Waals surface area contributed by atoms with Crippen LogP contribution in [-0.2, 0) is 18.6 Å². The highest BCUT2D eigenvalue weighted by Gasteiger charge is 2.29. The summed E-state index contributed by atoms with van der Waals surface area (Å²) < 4.78 is 7.53. The number of benzene rings is 1. The minimum Gasteiger partial charge on any atom is -0.494 e. The second kappa shape index (κ2) is 10.4. The summed E-state index contributed by atoms with van der Waals surface area (Å²) in [4.78, 5) is 22.6. The van der Waals surface area contributed by atoms with Crippen LogP contribution in [0.3, 0.4) is 0 Å². The molecule has 4 rings (SSSR count). The number of rotatable bonds is 9. The molecule has 3 aromatic heterocycles. The van der Waals surface area contributed by atoms with E-state index in [1.807, 2.05) is 54.2 Å². The molecule has 1 N–H and O–H groups in total. The van der Waals surface area contributed by atoms with Crippen molar-refractivity contribution in [3.05, 3.63) is 76.1 Å². The van der Waals surface area contributed by atoms with E-state index in [-0.39, 0.29) is 17.1 Å². The molecule has 35 heavy (non-hydrogen) atoms. The molecule has 0 aliphatic rings. The van der Waals surface area contributed by atoms with Crippen molar-refractivity contribution in [2.24, 2.45) is 0 Å².